The number of rotatable bonds is 3. The number of ketones is 2. The molecule has 12 nitrogen and oxygen atoms in total. The molecular weight excluding hydrogens is 422 g/mol. The van der Waals surface area contributed by atoms with Gasteiger partial charge in [-0.25, -0.2) is 0 Å². The molecule has 0 aliphatic heterocycles. The summed E-state index contributed by atoms with van der Waals surface area (Å²) >= 11 is 0. The van der Waals surface area contributed by atoms with Crippen molar-refractivity contribution < 1.29 is 32.4 Å². The van der Waals surface area contributed by atoms with Crippen LogP contribution in [0.15, 0.2) is 29.2 Å². The number of benzene rings is 2. The number of carbonyl (C=O) groups is 2. The minimum atomic E-state index is -5.06. The molecule has 0 aromatic heterocycles. The number of halogens is 1. The third kappa shape index (κ3) is 2.96. The highest BCUT2D eigenvalue weighted by Crippen LogP contribution is 2.40. The van der Waals surface area contributed by atoms with Crippen molar-refractivity contribution in [1.82, 2.24) is 0 Å². The zero-order valence-corrected chi connectivity index (χ0v) is 14.9. The van der Waals surface area contributed by atoms with Crippen LogP contribution in [-0.2, 0) is 10.1 Å². The summed E-state index contributed by atoms with van der Waals surface area (Å²) in [4.78, 5) is 44.6. The van der Waals surface area contributed by atoms with Crippen LogP contribution in [0.25, 0.3) is 0 Å². The highest BCUT2D eigenvalue weighted by atomic mass is 35.5. The van der Waals surface area contributed by atoms with Crippen LogP contribution in [0.5, 0.6) is 0 Å². The van der Waals surface area contributed by atoms with Crippen molar-refractivity contribution in [3.8, 4) is 0 Å². The summed E-state index contributed by atoms with van der Waals surface area (Å²) < 4.78 is 32.1. The molecule has 0 saturated heterocycles. The van der Waals surface area contributed by atoms with Gasteiger partial charge in [0.05, 0.1) is 21.1 Å². The van der Waals surface area contributed by atoms with Gasteiger partial charge in [0.25, 0.3) is 21.5 Å². The molecule has 0 unspecified atom stereocenters. The van der Waals surface area contributed by atoms with Crippen LogP contribution in [0.4, 0.5) is 17.1 Å². The molecule has 2 aromatic carbocycles. The Labute approximate surface area is 161 Å². The fourth-order valence-electron chi connectivity index (χ4n) is 2.78. The maximum absolute atomic E-state index is 12.7. The summed E-state index contributed by atoms with van der Waals surface area (Å²) in [6.45, 7) is 0. The van der Waals surface area contributed by atoms with Crippen molar-refractivity contribution in [2.24, 2.45) is 0 Å². The van der Waals surface area contributed by atoms with Crippen LogP contribution in [0.1, 0.15) is 31.8 Å². The summed E-state index contributed by atoms with van der Waals surface area (Å²) in [5.74, 6) is -2.15. The Morgan fingerprint density at radius 3 is 2.00 bits per heavy atom. The lowest BCUT2D eigenvalue weighted by atomic mass is 9.82. The van der Waals surface area contributed by atoms with E-state index in [1.165, 1.54) is 0 Å². The second-order valence-electron chi connectivity index (χ2n) is 5.43. The van der Waals surface area contributed by atoms with E-state index >= 15 is 0 Å². The maximum atomic E-state index is 12.7. The minimum Gasteiger partial charge on any atom is -0.397 e. The molecule has 1 aliphatic carbocycles. The van der Waals surface area contributed by atoms with E-state index in [0.29, 0.717) is 6.07 Å². The van der Waals surface area contributed by atoms with Gasteiger partial charge in [0.15, 0.2) is 5.78 Å². The average molecular weight is 430 g/mol. The Morgan fingerprint density at radius 2 is 1.50 bits per heavy atom. The molecule has 0 fully saturated rings. The fourth-order valence-corrected chi connectivity index (χ4v) is 3.42. The van der Waals surface area contributed by atoms with Gasteiger partial charge < -0.3 is 5.73 Å². The number of anilines is 1. The van der Waals surface area contributed by atoms with E-state index in [0.717, 1.165) is 18.2 Å². The topological polar surface area (TPSA) is 201 Å². The molecule has 0 spiro atoms. The first-order valence-corrected chi connectivity index (χ1v) is 8.35. The van der Waals surface area contributed by atoms with Crippen molar-refractivity contribution in [3.05, 3.63) is 66.7 Å². The average Bonchev–Trinajstić information content (AvgIpc) is 2.57. The molecule has 0 bridgehead atoms. The Hall–Kier alpha value is -3.42. The number of nitrogen functional groups attached to an aromatic ring is 1. The lowest BCUT2D eigenvalue weighted by molar-refractivity contribution is -0.385. The van der Waals surface area contributed by atoms with Crippen LogP contribution in [0, 0.1) is 20.2 Å². The smallest absolute Gasteiger partial charge is 0.296 e. The maximum Gasteiger partial charge on any atom is 0.296 e. The van der Waals surface area contributed by atoms with Crippen molar-refractivity contribution in [2.45, 2.75) is 4.90 Å². The molecule has 0 atom stereocenters. The number of nitro benzene ring substituents is 2. The van der Waals surface area contributed by atoms with E-state index in [9.17, 15) is 42.8 Å². The lowest BCUT2D eigenvalue weighted by Crippen LogP contribution is -2.25. The number of carbonyl (C=O) groups excluding carboxylic acids is 2. The SMILES string of the molecule is Cl.Nc1c(S(=O)(=O)O)cc([N+](=O)[O-])c2c1C(=O)c1cc([N+](=O)[O-])ccc1C2=O. The van der Waals surface area contributed by atoms with Gasteiger partial charge in [0.1, 0.15) is 10.5 Å². The molecule has 0 heterocycles. The van der Waals surface area contributed by atoms with Gasteiger partial charge in [-0.1, -0.05) is 0 Å². The summed E-state index contributed by atoms with van der Waals surface area (Å²) in [6.07, 6.45) is 0. The van der Waals surface area contributed by atoms with Gasteiger partial charge in [-0.05, 0) is 6.07 Å². The molecule has 1 aliphatic rings. The first-order valence-electron chi connectivity index (χ1n) is 6.91. The molecule has 0 saturated carbocycles. The van der Waals surface area contributed by atoms with Crippen molar-refractivity contribution in [3.63, 3.8) is 0 Å². The van der Waals surface area contributed by atoms with Crippen LogP contribution in [0.3, 0.4) is 0 Å². The second kappa shape index (κ2) is 6.63. The highest BCUT2D eigenvalue weighted by molar-refractivity contribution is 7.86. The molecule has 0 radical (unpaired) electrons. The van der Waals surface area contributed by atoms with E-state index < -0.39 is 70.2 Å². The number of non-ortho nitro benzene ring substituents is 1. The standard InChI is InChI=1S/C14H7N3O9S.ClH/c15-12-9(27(24,25)26)4-8(17(22)23)10-11(12)14(19)7-3-5(16(20)21)1-2-6(7)13(10)18;/h1-4H,15H2,(H,24,25,26);1H. The molecule has 28 heavy (non-hydrogen) atoms. The Balaban J connectivity index is 0.00000280. The van der Waals surface area contributed by atoms with E-state index in [1.807, 2.05) is 0 Å². The fraction of sp³-hybridized carbons (Fsp3) is 0. The normalized spacial score (nSPS) is 12.6. The van der Waals surface area contributed by atoms with Gasteiger partial charge in [-0.2, -0.15) is 8.42 Å². The number of fused-ring (bicyclic) bond motifs is 2. The van der Waals surface area contributed by atoms with Gasteiger partial charge in [-0.15, -0.1) is 12.4 Å². The van der Waals surface area contributed by atoms with E-state index in [-0.39, 0.29) is 18.0 Å². The van der Waals surface area contributed by atoms with Gasteiger partial charge in [-0.3, -0.25) is 34.4 Å². The Kier molecular flexibility index (Phi) is 4.95. The molecule has 146 valence electrons. The van der Waals surface area contributed by atoms with Gasteiger partial charge in [0, 0.05) is 29.3 Å². The van der Waals surface area contributed by atoms with Crippen LogP contribution in [-0.4, -0.2) is 34.4 Å². The molecular formula is C14H8ClN3O9S. The van der Waals surface area contributed by atoms with Crippen molar-refractivity contribution in [1.29, 1.82) is 0 Å². The Morgan fingerprint density at radius 1 is 0.929 bits per heavy atom. The van der Waals surface area contributed by atoms with Crippen LogP contribution < -0.4 is 5.73 Å². The van der Waals surface area contributed by atoms with Gasteiger partial charge in [0.2, 0.25) is 5.78 Å². The summed E-state index contributed by atoms with van der Waals surface area (Å²) in [5, 5.41) is 22.2. The van der Waals surface area contributed by atoms with Crippen molar-refractivity contribution in [2.75, 3.05) is 5.73 Å². The van der Waals surface area contributed by atoms with Crippen LogP contribution in [0.2, 0.25) is 0 Å². The first kappa shape index (κ1) is 20.9. The lowest BCUT2D eigenvalue weighted by Gasteiger charge is -2.19. The highest BCUT2D eigenvalue weighted by Gasteiger charge is 2.40. The number of hydrogen-bond donors (Lipinski definition) is 2. The van der Waals surface area contributed by atoms with Crippen molar-refractivity contribution >= 4 is 51.2 Å². The number of hydrogen-bond acceptors (Lipinski definition) is 9. The quantitative estimate of drug-likeness (QED) is 0.266. The zero-order chi connectivity index (χ0) is 20.3. The molecule has 2 aromatic rings. The number of nitro groups is 2. The van der Waals surface area contributed by atoms with E-state index in [4.69, 9.17) is 5.73 Å². The largest absolute Gasteiger partial charge is 0.397 e. The minimum absolute atomic E-state index is 0. The predicted octanol–water partition coefficient (Wildman–Crippen LogP) is 1.53. The van der Waals surface area contributed by atoms with Crippen LogP contribution >= 0.6 is 12.4 Å². The third-order valence-electron chi connectivity index (χ3n) is 3.94. The van der Waals surface area contributed by atoms with E-state index in [2.05, 4.69) is 0 Å². The molecule has 3 N–H and O–H groups in total. The predicted molar refractivity (Wildman–Crippen MR) is 94.5 cm³/mol. The summed E-state index contributed by atoms with van der Waals surface area (Å²) in [7, 11) is -5.06. The van der Waals surface area contributed by atoms with Gasteiger partial charge >= 0.3 is 0 Å². The zero-order valence-electron chi connectivity index (χ0n) is 13.3. The number of nitrogens with zero attached hydrogens (tertiary/aromatic N) is 2. The first-order chi connectivity index (χ1) is 12.4. The van der Waals surface area contributed by atoms with E-state index in [1.54, 1.807) is 0 Å². The molecule has 0 amide bonds. The number of nitrogens with two attached hydrogens (primary N) is 1. The third-order valence-corrected chi connectivity index (χ3v) is 4.83. The monoisotopic (exact) mass is 429 g/mol. The molecule has 14 heteroatoms. The molecule has 3 rings (SSSR count). The summed E-state index contributed by atoms with van der Waals surface area (Å²) in [6, 6.07) is 3.07. The second-order valence-corrected chi connectivity index (χ2v) is 6.82. The Bertz CT molecular complexity index is 1210. The summed E-state index contributed by atoms with van der Waals surface area (Å²) in [5.41, 5.74) is 0.794.